The fourth-order valence-electron chi connectivity index (χ4n) is 1.56. The molecule has 1 rings (SSSR count). The third kappa shape index (κ3) is 3.18. The van der Waals surface area contributed by atoms with E-state index in [-0.39, 0.29) is 0 Å². The number of hydrogen-bond donors (Lipinski definition) is 2. The van der Waals surface area contributed by atoms with Crippen LogP contribution in [0.5, 0.6) is 0 Å². The van der Waals surface area contributed by atoms with Crippen molar-refractivity contribution < 1.29 is 5.21 Å². The average Bonchev–Trinajstić information content (AvgIpc) is 1.85. The summed E-state index contributed by atoms with van der Waals surface area (Å²) in [5.41, 5.74) is 0. The van der Waals surface area contributed by atoms with E-state index < -0.39 is 0 Å². The van der Waals surface area contributed by atoms with Crippen LogP contribution in [0, 0.1) is 0 Å². The Morgan fingerprint density at radius 2 is 2.27 bits per heavy atom. The van der Waals surface area contributed by atoms with Gasteiger partial charge in [0.05, 0.1) is 0 Å². The van der Waals surface area contributed by atoms with Gasteiger partial charge in [-0.05, 0) is 12.8 Å². The van der Waals surface area contributed by atoms with Crippen molar-refractivity contribution >= 4 is 0 Å². The largest absolute Gasteiger partial charge is 0.314 e. The summed E-state index contributed by atoms with van der Waals surface area (Å²) >= 11 is 0. The van der Waals surface area contributed by atoms with Crippen molar-refractivity contribution in [2.75, 3.05) is 13.1 Å². The minimum absolute atomic E-state index is 0.480. The van der Waals surface area contributed by atoms with E-state index >= 15 is 0 Å². The van der Waals surface area contributed by atoms with E-state index in [1.54, 1.807) is 0 Å². The van der Waals surface area contributed by atoms with E-state index in [9.17, 15) is 5.21 Å². The van der Waals surface area contributed by atoms with Gasteiger partial charge in [-0.25, -0.2) is 0 Å². The van der Waals surface area contributed by atoms with Gasteiger partial charge in [0.25, 0.3) is 0 Å². The molecule has 1 unspecified atom stereocenters. The molecule has 0 aromatic carbocycles. The zero-order valence-electron chi connectivity index (χ0n) is 7.38. The molecule has 0 aromatic rings. The SMILES string of the molecule is CC(C)NC1CCCN(O)C1. The normalized spacial score (nSPS) is 27.8. The van der Waals surface area contributed by atoms with Crippen LogP contribution in [0.25, 0.3) is 0 Å². The second-order valence-electron chi connectivity index (χ2n) is 3.57. The van der Waals surface area contributed by atoms with Crippen LogP contribution >= 0.6 is 0 Å². The molecule has 1 aliphatic heterocycles. The lowest BCUT2D eigenvalue weighted by atomic mass is 10.1. The van der Waals surface area contributed by atoms with Crippen LogP contribution in [0.15, 0.2) is 0 Å². The second-order valence-corrected chi connectivity index (χ2v) is 3.57. The number of nitrogens with one attached hydrogen (secondary N) is 1. The molecule has 1 atom stereocenters. The van der Waals surface area contributed by atoms with E-state index in [4.69, 9.17) is 0 Å². The molecule has 0 aliphatic carbocycles. The van der Waals surface area contributed by atoms with Crippen LogP contribution in [0.1, 0.15) is 26.7 Å². The summed E-state index contributed by atoms with van der Waals surface area (Å²) in [5, 5.41) is 14.0. The van der Waals surface area contributed by atoms with Crippen LogP contribution in [0.3, 0.4) is 0 Å². The van der Waals surface area contributed by atoms with Crippen molar-refractivity contribution in [3.05, 3.63) is 0 Å². The second kappa shape index (κ2) is 4.04. The molecule has 66 valence electrons. The first kappa shape index (κ1) is 8.97. The van der Waals surface area contributed by atoms with Gasteiger partial charge in [-0.1, -0.05) is 13.8 Å². The molecule has 1 aliphatic rings. The smallest absolute Gasteiger partial charge is 0.0392 e. The highest BCUT2D eigenvalue weighted by Crippen LogP contribution is 2.07. The fraction of sp³-hybridized carbons (Fsp3) is 1.00. The highest BCUT2D eigenvalue weighted by molar-refractivity contribution is 4.75. The van der Waals surface area contributed by atoms with Crippen LogP contribution in [-0.2, 0) is 0 Å². The summed E-state index contributed by atoms with van der Waals surface area (Å²) in [6.07, 6.45) is 2.29. The summed E-state index contributed by atoms with van der Waals surface area (Å²) in [5.74, 6) is 0. The molecule has 0 aromatic heterocycles. The predicted octanol–water partition coefficient (Wildman–Crippen LogP) is 0.838. The van der Waals surface area contributed by atoms with Crippen LogP contribution in [-0.4, -0.2) is 35.4 Å². The first-order valence-electron chi connectivity index (χ1n) is 4.38. The molecule has 1 fully saturated rings. The molecule has 0 bridgehead atoms. The average molecular weight is 158 g/mol. The zero-order chi connectivity index (χ0) is 8.27. The molecular weight excluding hydrogens is 140 g/mol. The molecule has 0 saturated carbocycles. The molecule has 1 saturated heterocycles. The van der Waals surface area contributed by atoms with Gasteiger partial charge in [0.1, 0.15) is 0 Å². The molecule has 0 amide bonds. The maximum absolute atomic E-state index is 9.19. The first-order valence-corrected chi connectivity index (χ1v) is 4.38. The highest BCUT2D eigenvalue weighted by atomic mass is 16.5. The van der Waals surface area contributed by atoms with Crippen molar-refractivity contribution in [2.24, 2.45) is 0 Å². The monoisotopic (exact) mass is 158 g/mol. The molecule has 3 heteroatoms. The summed E-state index contributed by atoms with van der Waals surface area (Å²) in [6.45, 7) is 5.88. The van der Waals surface area contributed by atoms with E-state index in [2.05, 4.69) is 19.2 Å². The van der Waals surface area contributed by atoms with Crippen molar-refractivity contribution in [3.8, 4) is 0 Å². The van der Waals surface area contributed by atoms with Crippen LogP contribution in [0.4, 0.5) is 0 Å². The Bertz CT molecular complexity index is 115. The Balaban J connectivity index is 2.23. The Kier molecular flexibility index (Phi) is 3.30. The van der Waals surface area contributed by atoms with E-state index in [0.29, 0.717) is 12.1 Å². The molecule has 0 spiro atoms. The van der Waals surface area contributed by atoms with Crippen molar-refractivity contribution in [1.29, 1.82) is 0 Å². The third-order valence-electron chi connectivity index (χ3n) is 1.97. The molecule has 11 heavy (non-hydrogen) atoms. The van der Waals surface area contributed by atoms with E-state index in [1.165, 1.54) is 11.5 Å². The molecule has 2 N–H and O–H groups in total. The van der Waals surface area contributed by atoms with Crippen molar-refractivity contribution in [2.45, 2.75) is 38.8 Å². The molecule has 3 nitrogen and oxygen atoms in total. The molecule has 1 heterocycles. The quantitative estimate of drug-likeness (QED) is 0.625. The zero-order valence-corrected chi connectivity index (χ0v) is 7.38. The Morgan fingerprint density at radius 3 is 2.82 bits per heavy atom. The Morgan fingerprint density at radius 1 is 1.55 bits per heavy atom. The topological polar surface area (TPSA) is 35.5 Å². The lowest BCUT2D eigenvalue weighted by Crippen LogP contribution is -2.46. The van der Waals surface area contributed by atoms with Gasteiger partial charge in [0, 0.05) is 25.2 Å². The maximum Gasteiger partial charge on any atom is 0.0392 e. The molecular formula is C8H18N2O. The minimum atomic E-state index is 0.480. The van der Waals surface area contributed by atoms with Crippen LogP contribution < -0.4 is 5.32 Å². The lowest BCUT2D eigenvalue weighted by molar-refractivity contribution is -0.111. The summed E-state index contributed by atoms with van der Waals surface area (Å²) in [4.78, 5) is 0. The van der Waals surface area contributed by atoms with Gasteiger partial charge in [-0.15, -0.1) is 0 Å². The van der Waals surface area contributed by atoms with Gasteiger partial charge in [0.15, 0.2) is 0 Å². The number of hydroxylamine groups is 2. The predicted molar refractivity (Wildman–Crippen MR) is 44.7 cm³/mol. The van der Waals surface area contributed by atoms with E-state index in [1.807, 2.05) is 0 Å². The minimum Gasteiger partial charge on any atom is -0.314 e. The Hall–Kier alpha value is -0.120. The van der Waals surface area contributed by atoms with Gasteiger partial charge >= 0.3 is 0 Å². The van der Waals surface area contributed by atoms with Crippen LogP contribution in [0.2, 0.25) is 0 Å². The van der Waals surface area contributed by atoms with Gasteiger partial charge < -0.3 is 10.5 Å². The van der Waals surface area contributed by atoms with Crippen molar-refractivity contribution in [3.63, 3.8) is 0 Å². The summed E-state index contributed by atoms with van der Waals surface area (Å²) in [6, 6.07) is 1.00. The van der Waals surface area contributed by atoms with E-state index in [0.717, 1.165) is 19.5 Å². The number of hydrogen-bond acceptors (Lipinski definition) is 3. The van der Waals surface area contributed by atoms with Crippen molar-refractivity contribution in [1.82, 2.24) is 10.4 Å². The van der Waals surface area contributed by atoms with Gasteiger partial charge in [0.2, 0.25) is 0 Å². The standard InChI is InChI=1S/C8H18N2O/c1-7(2)9-8-4-3-5-10(11)6-8/h7-9,11H,3-6H2,1-2H3. The Labute approximate surface area is 68.3 Å². The number of rotatable bonds is 2. The van der Waals surface area contributed by atoms with Gasteiger partial charge in [-0.2, -0.15) is 5.06 Å². The fourth-order valence-corrected chi connectivity index (χ4v) is 1.56. The van der Waals surface area contributed by atoms with Gasteiger partial charge in [-0.3, -0.25) is 0 Å². The maximum atomic E-state index is 9.19. The highest BCUT2D eigenvalue weighted by Gasteiger charge is 2.18. The number of piperidine rings is 1. The lowest BCUT2D eigenvalue weighted by Gasteiger charge is -2.30. The third-order valence-corrected chi connectivity index (χ3v) is 1.97. The number of nitrogens with zero attached hydrogens (tertiary/aromatic N) is 1. The first-order chi connectivity index (χ1) is 5.18. The molecule has 0 radical (unpaired) electrons. The summed E-state index contributed by atoms with van der Waals surface area (Å²) < 4.78 is 0. The summed E-state index contributed by atoms with van der Waals surface area (Å²) in [7, 11) is 0.